The molecule has 0 amide bonds. The molecule has 12 heavy (non-hydrogen) atoms. The van der Waals surface area contributed by atoms with Crippen LogP contribution in [0.15, 0.2) is 24.3 Å². The quantitative estimate of drug-likeness (QED) is 0.591. The number of hydrogen-bond acceptors (Lipinski definition) is 0. The molecule has 1 aliphatic carbocycles. The molecule has 1 fully saturated rings. The summed E-state index contributed by atoms with van der Waals surface area (Å²) < 4.78 is 0. The zero-order chi connectivity index (χ0) is 8.72. The fourth-order valence-corrected chi connectivity index (χ4v) is 2.06. The number of rotatable bonds is 1. The standard InChI is InChI=1S/C12H16/c1-8-4-6-11(7-5-8)12-9(2)10(12)3/h4-7,9-10,12H,1-3H3/t9-,10+,12?. The monoisotopic (exact) mass is 160 g/mol. The molecule has 1 aromatic rings. The van der Waals surface area contributed by atoms with Crippen LogP contribution in [0.1, 0.15) is 30.9 Å². The minimum Gasteiger partial charge on any atom is -0.0616 e. The average molecular weight is 160 g/mol. The molecule has 0 saturated heterocycles. The van der Waals surface area contributed by atoms with Crippen LogP contribution in [0.5, 0.6) is 0 Å². The smallest absolute Gasteiger partial charge is 0.0105 e. The van der Waals surface area contributed by atoms with Crippen LogP contribution < -0.4 is 0 Å². The Morgan fingerprint density at radius 2 is 1.42 bits per heavy atom. The van der Waals surface area contributed by atoms with Crippen molar-refractivity contribution in [2.45, 2.75) is 26.7 Å². The van der Waals surface area contributed by atoms with Gasteiger partial charge in [0, 0.05) is 0 Å². The predicted octanol–water partition coefficient (Wildman–Crippen LogP) is 3.36. The maximum Gasteiger partial charge on any atom is -0.0105 e. The highest BCUT2D eigenvalue weighted by atomic mass is 14.5. The Balaban J connectivity index is 2.20. The minimum absolute atomic E-state index is 0.839. The third-order valence-corrected chi connectivity index (χ3v) is 3.28. The fourth-order valence-electron chi connectivity index (χ4n) is 2.06. The lowest BCUT2D eigenvalue weighted by Crippen LogP contribution is -1.81. The van der Waals surface area contributed by atoms with Gasteiger partial charge in [0.1, 0.15) is 0 Å². The number of aryl methyl sites for hydroxylation is 1. The van der Waals surface area contributed by atoms with Crippen molar-refractivity contribution in [3.05, 3.63) is 35.4 Å². The van der Waals surface area contributed by atoms with E-state index in [1.807, 2.05) is 0 Å². The average Bonchev–Trinajstić information content (AvgIpc) is 2.63. The zero-order valence-corrected chi connectivity index (χ0v) is 8.04. The second-order valence-electron chi connectivity index (χ2n) is 4.15. The lowest BCUT2D eigenvalue weighted by Gasteiger charge is -1.98. The summed E-state index contributed by atoms with van der Waals surface area (Å²) in [4.78, 5) is 0. The van der Waals surface area contributed by atoms with Crippen molar-refractivity contribution in [1.29, 1.82) is 0 Å². The largest absolute Gasteiger partial charge is 0.0616 e. The Morgan fingerprint density at radius 3 is 1.83 bits per heavy atom. The minimum atomic E-state index is 0.839. The van der Waals surface area contributed by atoms with Gasteiger partial charge in [0.25, 0.3) is 0 Å². The fraction of sp³-hybridized carbons (Fsp3) is 0.500. The summed E-state index contributed by atoms with van der Waals surface area (Å²) in [5.74, 6) is 2.63. The van der Waals surface area contributed by atoms with Crippen LogP contribution in [0.3, 0.4) is 0 Å². The Kier molecular flexibility index (Phi) is 1.71. The molecule has 1 aliphatic rings. The first kappa shape index (κ1) is 7.85. The van der Waals surface area contributed by atoms with Gasteiger partial charge in [-0.3, -0.25) is 0 Å². The SMILES string of the molecule is Cc1ccc(C2[C@@H](C)[C@H]2C)cc1. The number of benzene rings is 1. The van der Waals surface area contributed by atoms with E-state index in [1.54, 1.807) is 0 Å². The summed E-state index contributed by atoms with van der Waals surface area (Å²) in [7, 11) is 0. The highest BCUT2D eigenvalue weighted by Crippen LogP contribution is 2.53. The second kappa shape index (κ2) is 2.62. The predicted molar refractivity (Wildman–Crippen MR) is 52.2 cm³/mol. The van der Waals surface area contributed by atoms with Crippen molar-refractivity contribution in [1.82, 2.24) is 0 Å². The lowest BCUT2D eigenvalue weighted by molar-refractivity contribution is 0.834. The molecular weight excluding hydrogens is 144 g/mol. The first-order chi connectivity index (χ1) is 5.70. The molecule has 0 nitrogen and oxygen atoms in total. The van der Waals surface area contributed by atoms with Gasteiger partial charge in [0.15, 0.2) is 0 Å². The van der Waals surface area contributed by atoms with E-state index in [-0.39, 0.29) is 0 Å². The molecule has 0 aliphatic heterocycles. The van der Waals surface area contributed by atoms with E-state index in [0.717, 1.165) is 17.8 Å². The van der Waals surface area contributed by atoms with Gasteiger partial charge >= 0.3 is 0 Å². The van der Waals surface area contributed by atoms with Crippen molar-refractivity contribution in [2.75, 3.05) is 0 Å². The zero-order valence-electron chi connectivity index (χ0n) is 8.04. The van der Waals surface area contributed by atoms with Crippen LogP contribution >= 0.6 is 0 Å². The molecule has 2 rings (SSSR count). The molecule has 0 spiro atoms. The number of hydrogen-bond donors (Lipinski definition) is 0. The van der Waals surface area contributed by atoms with Crippen LogP contribution in [0.25, 0.3) is 0 Å². The summed E-state index contributed by atoms with van der Waals surface area (Å²) >= 11 is 0. The van der Waals surface area contributed by atoms with Crippen LogP contribution in [0.2, 0.25) is 0 Å². The maximum absolute atomic E-state index is 2.34. The topological polar surface area (TPSA) is 0 Å². The second-order valence-corrected chi connectivity index (χ2v) is 4.15. The van der Waals surface area contributed by atoms with E-state index in [1.165, 1.54) is 11.1 Å². The van der Waals surface area contributed by atoms with Crippen molar-refractivity contribution in [3.63, 3.8) is 0 Å². The van der Waals surface area contributed by atoms with Crippen LogP contribution in [-0.2, 0) is 0 Å². The molecule has 0 N–H and O–H groups in total. The molecule has 64 valence electrons. The van der Waals surface area contributed by atoms with Crippen LogP contribution in [0.4, 0.5) is 0 Å². The summed E-state index contributed by atoms with van der Waals surface area (Å²) in [6, 6.07) is 8.99. The normalized spacial score (nSPS) is 33.4. The summed E-state index contributed by atoms with van der Waals surface area (Å²) in [6.07, 6.45) is 0. The van der Waals surface area contributed by atoms with Gasteiger partial charge in [-0.1, -0.05) is 43.7 Å². The van der Waals surface area contributed by atoms with E-state index >= 15 is 0 Å². The van der Waals surface area contributed by atoms with Crippen LogP contribution in [-0.4, -0.2) is 0 Å². The van der Waals surface area contributed by atoms with Crippen molar-refractivity contribution in [3.8, 4) is 0 Å². The lowest BCUT2D eigenvalue weighted by atomic mass is 10.1. The van der Waals surface area contributed by atoms with E-state index in [0.29, 0.717) is 0 Å². The maximum atomic E-state index is 2.34. The van der Waals surface area contributed by atoms with E-state index in [4.69, 9.17) is 0 Å². The van der Waals surface area contributed by atoms with Gasteiger partial charge in [0.2, 0.25) is 0 Å². The van der Waals surface area contributed by atoms with Gasteiger partial charge < -0.3 is 0 Å². The Hall–Kier alpha value is -0.780. The molecule has 3 atom stereocenters. The Bertz CT molecular complexity index is 263. The molecule has 0 bridgehead atoms. The van der Waals surface area contributed by atoms with Crippen molar-refractivity contribution >= 4 is 0 Å². The molecule has 0 heterocycles. The Morgan fingerprint density at radius 1 is 0.917 bits per heavy atom. The highest BCUT2D eigenvalue weighted by Gasteiger charge is 2.43. The van der Waals surface area contributed by atoms with Gasteiger partial charge in [-0.15, -0.1) is 0 Å². The van der Waals surface area contributed by atoms with Gasteiger partial charge in [-0.05, 0) is 30.2 Å². The molecular formula is C12H16. The molecule has 0 radical (unpaired) electrons. The molecule has 1 aromatic carbocycles. The molecule has 1 saturated carbocycles. The molecule has 1 unspecified atom stereocenters. The first-order valence-corrected chi connectivity index (χ1v) is 4.76. The van der Waals surface area contributed by atoms with Crippen LogP contribution in [0, 0.1) is 18.8 Å². The first-order valence-electron chi connectivity index (χ1n) is 4.76. The molecule has 0 heteroatoms. The van der Waals surface area contributed by atoms with E-state index in [9.17, 15) is 0 Å². The summed E-state index contributed by atoms with van der Waals surface area (Å²) in [6.45, 7) is 6.83. The van der Waals surface area contributed by atoms with E-state index in [2.05, 4.69) is 45.0 Å². The van der Waals surface area contributed by atoms with E-state index < -0.39 is 0 Å². The van der Waals surface area contributed by atoms with Gasteiger partial charge in [0.05, 0.1) is 0 Å². The summed E-state index contributed by atoms with van der Waals surface area (Å²) in [5, 5.41) is 0. The van der Waals surface area contributed by atoms with Gasteiger partial charge in [-0.2, -0.15) is 0 Å². The third-order valence-electron chi connectivity index (χ3n) is 3.28. The Labute approximate surface area is 74.6 Å². The van der Waals surface area contributed by atoms with Crippen molar-refractivity contribution < 1.29 is 0 Å². The molecule has 0 aromatic heterocycles. The highest BCUT2D eigenvalue weighted by molar-refractivity contribution is 5.29. The third kappa shape index (κ3) is 1.16. The van der Waals surface area contributed by atoms with Crippen molar-refractivity contribution in [2.24, 2.45) is 11.8 Å². The summed E-state index contributed by atoms with van der Waals surface area (Å²) in [5.41, 5.74) is 2.89. The van der Waals surface area contributed by atoms with Gasteiger partial charge in [-0.25, -0.2) is 0 Å².